The summed E-state index contributed by atoms with van der Waals surface area (Å²) in [4.78, 5) is 81.6. The third kappa shape index (κ3) is 15.6. The van der Waals surface area contributed by atoms with Gasteiger partial charge in [-0.25, -0.2) is 0 Å². The number of ether oxygens (including phenoxy) is 3. The highest BCUT2D eigenvalue weighted by molar-refractivity contribution is 6.00. The zero-order valence-corrected chi connectivity index (χ0v) is 40.2. The molecule has 0 spiro atoms. The molecule has 4 amide bonds. The third-order valence-corrected chi connectivity index (χ3v) is 12.7. The van der Waals surface area contributed by atoms with E-state index in [9.17, 15) is 28.8 Å². The molecule has 0 bridgehead atoms. The van der Waals surface area contributed by atoms with Gasteiger partial charge < -0.3 is 45.3 Å². The van der Waals surface area contributed by atoms with Gasteiger partial charge in [0.25, 0.3) is 11.8 Å². The summed E-state index contributed by atoms with van der Waals surface area (Å²) in [5, 5.41) is 11.6. The summed E-state index contributed by atoms with van der Waals surface area (Å²) in [5.74, 6) is -1.07. The van der Waals surface area contributed by atoms with Gasteiger partial charge in [0.1, 0.15) is 25.3 Å². The maximum Gasteiger partial charge on any atom is 0.251 e. The smallest absolute Gasteiger partial charge is 0.251 e. The van der Waals surface area contributed by atoms with E-state index in [0.29, 0.717) is 50.4 Å². The van der Waals surface area contributed by atoms with Gasteiger partial charge in [0.15, 0.2) is 11.6 Å². The minimum Gasteiger partial charge on any atom is -0.378 e. The van der Waals surface area contributed by atoms with Crippen molar-refractivity contribution >= 4 is 46.6 Å². The van der Waals surface area contributed by atoms with E-state index in [-0.39, 0.29) is 72.1 Å². The molecule has 4 heterocycles. The molecule has 2 aromatic carbocycles. The Bertz CT molecular complexity index is 1740. The van der Waals surface area contributed by atoms with Gasteiger partial charge in [-0.15, -0.1) is 0 Å². The largest absolute Gasteiger partial charge is 0.378 e. The van der Waals surface area contributed by atoms with Crippen LogP contribution in [0.4, 0.5) is 11.4 Å². The standard InChI is InChI=1S/C26H39N3O4.C25H37N3O5/c1-4-8-20-16-33-17-23(30)24(20)28-26(32)22(15-18(2)3)27-25(31)19-9-11-21(12-10-19)29-13-6-5-7-14-29;1-4-5-19-15-33-16-22(29)23(19)27-25(31)21(14-17(2)3)26-24(30)18-6-8-20(9-7-18)28-10-12-32-13-11-28/h9-12,18,20,22,24H,4-8,13-17H2,1-3H3,(H,27,31)(H,28,32);6-9,17,19,21,23H,4-5,10-16H2,1-3H3,(H,26,30)(H,27,31)/t20?,22-,24-;19?,21-,23-/m00/s1. The Hall–Kier alpha value is -4.86. The summed E-state index contributed by atoms with van der Waals surface area (Å²) < 4.78 is 16.2. The number of anilines is 2. The number of morpholine rings is 1. The number of hydrogen-bond donors (Lipinski definition) is 4. The van der Waals surface area contributed by atoms with Crippen LogP contribution in [0.2, 0.25) is 0 Å². The van der Waals surface area contributed by atoms with Crippen molar-refractivity contribution in [1.82, 2.24) is 21.3 Å². The van der Waals surface area contributed by atoms with E-state index in [1.165, 1.54) is 19.3 Å². The number of benzene rings is 2. The molecule has 15 heteroatoms. The van der Waals surface area contributed by atoms with E-state index >= 15 is 0 Å². The molecule has 364 valence electrons. The van der Waals surface area contributed by atoms with Gasteiger partial charge >= 0.3 is 0 Å². The van der Waals surface area contributed by atoms with E-state index in [2.05, 4.69) is 38.0 Å². The number of piperidine rings is 1. The van der Waals surface area contributed by atoms with Crippen molar-refractivity contribution in [1.29, 1.82) is 0 Å². The minimum atomic E-state index is -0.714. The quantitative estimate of drug-likeness (QED) is 0.148. The fourth-order valence-corrected chi connectivity index (χ4v) is 9.18. The number of nitrogens with one attached hydrogen (secondary N) is 4. The van der Waals surface area contributed by atoms with Gasteiger partial charge in [-0.05, 0) is 105 Å². The first kappa shape index (κ1) is 52.1. The van der Waals surface area contributed by atoms with Crippen molar-refractivity contribution in [2.75, 3.05) is 75.6 Å². The molecule has 4 aliphatic rings. The zero-order valence-electron chi connectivity index (χ0n) is 40.2. The topological polar surface area (TPSA) is 185 Å². The van der Waals surface area contributed by atoms with Crippen molar-refractivity contribution in [2.45, 2.75) is 123 Å². The number of nitrogens with zero attached hydrogens (tertiary/aromatic N) is 2. The van der Waals surface area contributed by atoms with E-state index in [1.807, 2.05) is 71.0 Å². The highest BCUT2D eigenvalue weighted by atomic mass is 16.5. The first-order valence-corrected chi connectivity index (χ1v) is 24.5. The molecule has 4 N–H and O–H groups in total. The highest BCUT2D eigenvalue weighted by Crippen LogP contribution is 2.23. The molecule has 0 aliphatic carbocycles. The first-order chi connectivity index (χ1) is 31.8. The predicted octanol–water partition coefficient (Wildman–Crippen LogP) is 5.49. The van der Waals surface area contributed by atoms with Crippen LogP contribution in [-0.2, 0) is 33.4 Å². The van der Waals surface area contributed by atoms with Crippen LogP contribution in [0.1, 0.15) is 120 Å². The molecule has 0 aromatic heterocycles. The molecule has 66 heavy (non-hydrogen) atoms. The highest BCUT2D eigenvalue weighted by Gasteiger charge is 2.37. The number of rotatable bonds is 18. The van der Waals surface area contributed by atoms with Crippen LogP contribution in [0, 0.1) is 23.7 Å². The molecule has 0 radical (unpaired) electrons. The van der Waals surface area contributed by atoms with Crippen molar-refractivity contribution in [3.05, 3.63) is 59.7 Å². The lowest BCUT2D eigenvalue weighted by atomic mass is 9.90. The summed E-state index contributed by atoms with van der Waals surface area (Å²) in [6.07, 6.45) is 8.07. The molecular weight excluding hydrogens is 841 g/mol. The number of carbonyl (C=O) groups is 6. The fraction of sp³-hybridized carbons (Fsp3) is 0.647. The maximum atomic E-state index is 13.1. The van der Waals surface area contributed by atoms with Gasteiger partial charge in [-0.1, -0.05) is 54.4 Å². The monoisotopic (exact) mass is 917 g/mol. The Labute approximate surface area is 392 Å². The Morgan fingerprint density at radius 1 is 0.576 bits per heavy atom. The lowest BCUT2D eigenvalue weighted by Crippen LogP contribution is -2.57. The summed E-state index contributed by atoms with van der Waals surface area (Å²) in [6, 6.07) is 12.5. The molecule has 15 nitrogen and oxygen atoms in total. The molecule has 2 aromatic rings. The van der Waals surface area contributed by atoms with Gasteiger partial charge in [0, 0.05) is 60.5 Å². The SMILES string of the molecule is CCCC1COCC(=O)[C@H]1NC(=O)[C@H](CC(C)C)NC(=O)c1ccc(N2CCCCC2)cc1.CCCC1COCC(=O)[C@H]1NC(=O)[C@H](CC(C)C)NC(=O)c1ccc(N2CCOCC2)cc1. The second-order valence-corrected chi connectivity index (χ2v) is 19.1. The number of amides is 4. The molecule has 6 rings (SSSR count). The molecule has 4 fully saturated rings. The molecule has 4 saturated heterocycles. The van der Waals surface area contributed by atoms with E-state index in [0.717, 1.165) is 63.2 Å². The van der Waals surface area contributed by atoms with Crippen LogP contribution >= 0.6 is 0 Å². The van der Waals surface area contributed by atoms with Crippen LogP contribution in [0.25, 0.3) is 0 Å². The summed E-state index contributed by atoms with van der Waals surface area (Å²) in [5.41, 5.74) is 3.21. The van der Waals surface area contributed by atoms with Crippen molar-refractivity contribution in [3.8, 4) is 0 Å². The van der Waals surface area contributed by atoms with Gasteiger partial charge in [-0.3, -0.25) is 28.8 Å². The predicted molar refractivity (Wildman–Crippen MR) is 256 cm³/mol. The molecule has 0 saturated carbocycles. The average molecular weight is 917 g/mol. The molecule has 4 aliphatic heterocycles. The van der Waals surface area contributed by atoms with Crippen molar-refractivity contribution < 1.29 is 43.0 Å². The van der Waals surface area contributed by atoms with Crippen LogP contribution in [0.5, 0.6) is 0 Å². The Balaban J connectivity index is 0.000000247. The van der Waals surface area contributed by atoms with E-state index < -0.39 is 24.2 Å². The Kier molecular flexibility index (Phi) is 20.9. The molecule has 6 atom stereocenters. The summed E-state index contributed by atoms with van der Waals surface area (Å²) >= 11 is 0. The third-order valence-electron chi connectivity index (χ3n) is 12.7. The fourth-order valence-electron chi connectivity index (χ4n) is 9.18. The maximum absolute atomic E-state index is 13.1. The Morgan fingerprint density at radius 2 is 0.970 bits per heavy atom. The molecule has 2 unspecified atom stereocenters. The van der Waals surface area contributed by atoms with Crippen LogP contribution in [0.15, 0.2) is 48.5 Å². The average Bonchev–Trinajstić information content (AvgIpc) is 3.31. The van der Waals surface area contributed by atoms with Crippen molar-refractivity contribution in [2.24, 2.45) is 23.7 Å². The summed E-state index contributed by atoms with van der Waals surface area (Å²) in [6.45, 7) is 18.2. The van der Waals surface area contributed by atoms with Crippen LogP contribution in [0.3, 0.4) is 0 Å². The van der Waals surface area contributed by atoms with Gasteiger partial charge in [0.05, 0.1) is 38.5 Å². The van der Waals surface area contributed by atoms with Crippen LogP contribution < -0.4 is 31.1 Å². The normalized spacial score (nSPS) is 22.2. The number of carbonyl (C=O) groups excluding carboxylic acids is 6. The number of Topliss-reactive ketones (excluding diaryl/α,β-unsaturated/α-hetero) is 2. The first-order valence-electron chi connectivity index (χ1n) is 24.5. The van der Waals surface area contributed by atoms with Crippen molar-refractivity contribution in [3.63, 3.8) is 0 Å². The zero-order chi connectivity index (χ0) is 47.6. The molecular formula is C51H76N6O9. The number of ketones is 2. The Morgan fingerprint density at radius 3 is 1.35 bits per heavy atom. The lowest BCUT2D eigenvalue weighted by Gasteiger charge is -2.32. The summed E-state index contributed by atoms with van der Waals surface area (Å²) in [7, 11) is 0. The number of hydrogen-bond acceptors (Lipinski definition) is 11. The van der Waals surface area contributed by atoms with Gasteiger partial charge in [0.2, 0.25) is 11.8 Å². The minimum absolute atomic E-state index is 0.0157. The van der Waals surface area contributed by atoms with E-state index in [1.54, 1.807) is 12.1 Å². The van der Waals surface area contributed by atoms with Crippen LogP contribution in [-0.4, -0.2) is 125 Å². The second kappa shape index (κ2) is 26.5. The second-order valence-electron chi connectivity index (χ2n) is 19.1. The van der Waals surface area contributed by atoms with E-state index in [4.69, 9.17) is 14.2 Å². The lowest BCUT2D eigenvalue weighted by molar-refractivity contribution is -0.138. The van der Waals surface area contributed by atoms with Gasteiger partial charge in [-0.2, -0.15) is 0 Å².